The molecule has 0 aliphatic heterocycles. The monoisotopic (exact) mass is 717 g/mol. The first-order chi connectivity index (χ1) is 27.2. The van der Waals surface area contributed by atoms with Gasteiger partial charge >= 0.3 is 0 Å². The summed E-state index contributed by atoms with van der Waals surface area (Å²) in [6, 6.07) is 45.4. The van der Waals surface area contributed by atoms with Crippen LogP contribution in [0.2, 0.25) is 0 Å². The second kappa shape index (κ2) is 15.5. The van der Waals surface area contributed by atoms with Gasteiger partial charge in [0.15, 0.2) is 17.5 Å². The molecule has 0 bridgehead atoms. The summed E-state index contributed by atoms with van der Waals surface area (Å²) in [7, 11) is 0. The minimum absolute atomic E-state index is 0.671. The van der Waals surface area contributed by atoms with Gasteiger partial charge in [-0.3, -0.25) is 0 Å². The van der Waals surface area contributed by atoms with Crippen molar-refractivity contribution in [2.75, 3.05) is 0 Å². The van der Waals surface area contributed by atoms with Gasteiger partial charge in [0.1, 0.15) is 11.2 Å². The molecule has 9 aromatic rings. The van der Waals surface area contributed by atoms with Gasteiger partial charge in [-0.2, -0.15) is 0 Å². The lowest BCUT2D eigenvalue weighted by Gasteiger charge is -2.17. The van der Waals surface area contributed by atoms with Gasteiger partial charge in [0.2, 0.25) is 0 Å². The smallest absolute Gasteiger partial charge is 0.164 e. The lowest BCUT2D eigenvalue weighted by atomic mass is 9.87. The second-order valence-corrected chi connectivity index (χ2v) is 15.1. The molecule has 0 amide bonds. The van der Waals surface area contributed by atoms with Crippen LogP contribution in [0.5, 0.6) is 0 Å². The Kier molecular flexibility index (Phi) is 9.81. The third-order valence-corrected chi connectivity index (χ3v) is 11.3. The van der Waals surface area contributed by atoms with E-state index in [0.29, 0.717) is 17.5 Å². The molecule has 0 N–H and O–H groups in total. The number of aromatic nitrogens is 3. The molecule has 2 heterocycles. The highest BCUT2D eigenvalue weighted by atomic mass is 16.3. The number of rotatable bonds is 13. The average Bonchev–Trinajstić information content (AvgIpc) is 3.61. The molecule has 0 saturated heterocycles. The number of aryl methyl sites for hydroxylation is 2. The summed E-state index contributed by atoms with van der Waals surface area (Å²) in [5.74, 6) is 2.01. The molecule has 0 unspecified atom stereocenters. The second-order valence-electron chi connectivity index (χ2n) is 15.1. The Labute approximate surface area is 323 Å². The Morgan fingerprint density at radius 2 is 0.873 bits per heavy atom. The number of benzene rings is 7. The molecule has 0 radical (unpaired) electrons. The number of hydrogen-bond donors (Lipinski definition) is 0. The Bertz CT molecular complexity index is 2730. The molecule has 0 spiro atoms. The molecule has 0 saturated carbocycles. The van der Waals surface area contributed by atoms with Crippen molar-refractivity contribution in [1.29, 1.82) is 0 Å². The van der Waals surface area contributed by atoms with E-state index in [0.717, 1.165) is 51.5 Å². The zero-order chi connectivity index (χ0) is 37.1. The predicted octanol–water partition coefficient (Wildman–Crippen LogP) is 14.5. The van der Waals surface area contributed by atoms with Crippen LogP contribution in [0.25, 0.3) is 88.4 Å². The number of unbranched alkanes of at least 4 members (excludes halogenated alkanes) is 6. The summed E-state index contributed by atoms with van der Waals surface area (Å²) in [6.45, 7) is 4.59. The molecular weight excluding hydrogens is 671 g/mol. The van der Waals surface area contributed by atoms with Crippen LogP contribution in [0.1, 0.15) is 76.3 Å². The van der Waals surface area contributed by atoms with Gasteiger partial charge in [-0.1, -0.05) is 156 Å². The fourth-order valence-corrected chi connectivity index (χ4v) is 8.38. The molecule has 4 heteroatoms. The summed E-state index contributed by atoms with van der Waals surface area (Å²) < 4.78 is 6.49. The van der Waals surface area contributed by atoms with E-state index in [1.165, 1.54) is 94.8 Å². The van der Waals surface area contributed by atoms with Gasteiger partial charge in [0, 0.05) is 27.5 Å². The normalized spacial score (nSPS) is 11.8. The van der Waals surface area contributed by atoms with Gasteiger partial charge in [-0.15, -0.1) is 0 Å². The largest absolute Gasteiger partial charge is 0.456 e. The Hall–Kier alpha value is -5.87. The Balaban J connectivity index is 1.30. The van der Waals surface area contributed by atoms with Gasteiger partial charge in [0.25, 0.3) is 0 Å². The first-order valence-corrected chi connectivity index (χ1v) is 20.3. The fourth-order valence-electron chi connectivity index (χ4n) is 8.38. The summed E-state index contributed by atoms with van der Waals surface area (Å²) in [4.78, 5) is 15.2. The maximum atomic E-state index is 6.49. The van der Waals surface area contributed by atoms with E-state index in [2.05, 4.69) is 105 Å². The molecule has 0 aliphatic rings. The molecule has 272 valence electrons. The Morgan fingerprint density at radius 3 is 1.47 bits per heavy atom. The first kappa shape index (κ1) is 34.9. The van der Waals surface area contributed by atoms with E-state index in [4.69, 9.17) is 19.4 Å². The molecule has 55 heavy (non-hydrogen) atoms. The van der Waals surface area contributed by atoms with Crippen molar-refractivity contribution in [2.24, 2.45) is 0 Å². The predicted molar refractivity (Wildman–Crippen MR) is 232 cm³/mol. The van der Waals surface area contributed by atoms with E-state index >= 15 is 0 Å². The molecule has 9 rings (SSSR count). The average molecular weight is 718 g/mol. The standard InChI is InChI=1S/C51H47N3O/c1-3-5-7-11-23-36-29-42-41-31-38(51-53-49(34-19-13-9-14-20-34)52-50(54-51)35-21-15-10-16-22-35)27-28-39(41)44-32-46-40-25-17-18-26-47(40)55-48(46)33-45(44)43(42)30-37(36)24-12-8-6-4-2/h9-10,13-22,25-33H,3-8,11-12,23-24H2,1-2H3. The first-order valence-electron chi connectivity index (χ1n) is 20.3. The minimum Gasteiger partial charge on any atom is -0.456 e. The van der Waals surface area contributed by atoms with Crippen molar-refractivity contribution in [3.63, 3.8) is 0 Å². The van der Waals surface area contributed by atoms with Crippen molar-refractivity contribution in [3.05, 3.63) is 139 Å². The minimum atomic E-state index is 0.671. The summed E-state index contributed by atoms with van der Waals surface area (Å²) >= 11 is 0. The van der Waals surface area contributed by atoms with Gasteiger partial charge in [0.05, 0.1) is 0 Å². The quantitative estimate of drug-likeness (QED) is 0.0880. The molecular formula is C51H47N3O. The van der Waals surface area contributed by atoms with Crippen molar-refractivity contribution in [3.8, 4) is 34.2 Å². The van der Waals surface area contributed by atoms with Crippen LogP contribution in [-0.4, -0.2) is 15.0 Å². The number of hydrogen-bond acceptors (Lipinski definition) is 4. The summed E-state index contributed by atoms with van der Waals surface area (Å²) in [6.07, 6.45) is 12.2. The molecule has 7 aromatic carbocycles. The maximum absolute atomic E-state index is 6.49. The van der Waals surface area contributed by atoms with Crippen molar-refractivity contribution in [2.45, 2.75) is 78.1 Å². The lowest BCUT2D eigenvalue weighted by molar-refractivity contribution is 0.651. The highest BCUT2D eigenvalue weighted by Crippen LogP contribution is 2.42. The van der Waals surface area contributed by atoms with E-state index in [9.17, 15) is 0 Å². The molecule has 2 aromatic heterocycles. The topological polar surface area (TPSA) is 51.8 Å². The van der Waals surface area contributed by atoms with E-state index in [1.807, 2.05) is 36.4 Å². The van der Waals surface area contributed by atoms with E-state index < -0.39 is 0 Å². The van der Waals surface area contributed by atoms with Crippen molar-refractivity contribution in [1.82, 2.24) is 15.0 Å². The lowest BCUT2D eigenvalue weighted by Crippen LogP contribution is -2.00. The van der Waals surface area contributed by atoms with E-state index in [-0.39, 0.29) is 0 Å². The van der Waals surface area contributed by atoms with Crippen LogP contribution in [0.4, 0.5) is 0 Å². The summed E-state index contributed by atoms with van der Waals surface area (Å²) in [5, 5.41) is 9.80. The number of furan rings is 1. The van der Waals surface area contributed by atoms with Crippen LogP contribution in [0.3, 0.4) is 0 Å². The SMILES string of the molecule is CCCCCCc1cc2c3cc(-c4nc(-c5ccccc5)nc(-c5ccccc5)n4)ccc3c3cc4c(cc3c2cc1CCCCCC)oc1ccccc14. The number of fused-ring (bicyclic) bond motifs is 9. The highest BCUT2D eigenvalue weighted by molar-refractivity contribution is 6.28. The highest BCUT2D eigenvalue weighted by Gasteiger charge is 2.18. The van der Waals surface area contributed by atoms with Gasteiger partial charge in [-0.25, -0.2) is 15.0 Å². The molecule has 0 atom stereocenters. The fraction of sp³-hybridized carbons (Fsp3) is 0.235. The zero-order valence-corrected chi connectivity index (χ0v) is 31.9. The third-order valence-electron chi connectivity index (χ3n) is 11.3. The van der Waals surface area contributed by atoms with Crippen LogP contribution >= 0.6 is 0 Å². The van der Waals surface area contributed by atoms with Crippen molar-refractivity contribution < 1.29 is 4.42 Å². The van der Waals surface area contributed by atoms with Gasteiger partial charge in [-0.05, 0) is 93.4 Å². The maximum Gasteiger partial charge on any atom is 0.164 e. The van der Waals surface area contributed by atoms with Crippen LogP contribution in [0.15, 0.2) is 132 Å². The summed E-state index contributed by atoms with van der Waals surface area (Å²) in [5.41, 5.74) is 7.77. The zero-order valence-electron chi connectivity index (χ0n) is 31.9. The molecule has 0 fully saturated rings. The van der Waals surface area contributed by atoms with Gasteiger partial charge < -0.3 is 4.42 Å². The van der Waals surface area contributed by atoms with Crippen LogP contribution in [0, 0.1) is 0 Å². The molecule has 0 aliphatic carbocycles. The van der Waals surface area contributed by atoms with Crippen LogP contribution in [-0.2, 0) is 12.8 Å². The third kappa shape index (κ3) is 6.87. The van der Waals surface area contributed by atoms with E-state index in [1.54, 1.807) is 0 Å². The van der Waals surface area contributed by atoms with Crippen LogP contribution < -0.4 is 0 Å². The van der Waals surface area contributed by atoms with Crippen molar-refractivity contribution >= 4 is 54.3 Å². The number of nitrogens with zero attached hydrogens (tertiary/aromatic N) is 3. The Morgan fingerprint density at radius 1 is 0.364 bits per heavy atom. The molecule has 4 nitrogen and oxygen atoms in total. The number of para-hydroxylation sites is 1.